The molecule has 0 bridgehead atoms. The lowest BCUT2D eigenvalue weighted by atomic mass is 9.74. The van der Waals surface area contributed by atoms with Gasteiger partial charge in [-0.25, -0.2) is 0 Å². The van der Waals surface area contributed by atoms with E-state index in [-0.39, 0.29) is 17.2 Å². The summed E-state index contributed by atoms with van der Waals surface area (Å²) >= 11 is 0. The third-order valence-corrected chi connectivity index (χ3v) is 5.14. The minimum absolute atomic E-state index is 0.0392. The van der Waals surface area contributed by atoms with Gasteiger partial charge in [-0.1, -0.05) is 6.92 Å². The molecular weight excluding hydrogens is 254 g/mol. The van der Waals surface area contributed by atoms with Crippen molar-refractivity contribution < 1.29 is 9.59 Å². The number of likely N-dealkylation sites (N-methyl/N-ethyl adjacent to an activating group) is 1. The molecule has 0 aromatic rings. The highest BCUT2D eigenvalue weighted by molar-refractivity contribution is 5.93. The van der Waals surface area contributed by atoms with Crippen LogP contribution in [0, 0.1) is 5.41 Å². The summed E-state index contributed by atoms with van der Waals surface area (Å²) in [6, 6.07) is 0. The second-order valence-corrected chi connectivity index (χ2v) is 6.63. The van der Waals surface area contributed by atoms with Crippen LogP contribution in [-0.4, -0.2) is 60.4 Å². The Morgan fingerprint density at radius 1 is 1.25 bits per heavy atom. The van der Waals surface area contributed by atoms with Gasteiger partial charge < -0.3 is 15.1 Å². The molecule has 2 aliphatic rings. The fourth-order valence-corrected chi connectivity index (χ4v) is 3.48. The molecule has 114 valence electrons. The average molecular weight is 281 g/mol. The SMILES string of the molecule is CCC1(C(=O)N2CCN(C)C(=O)C2(C)C)CCNCC1. The van der Waals surface area contributed by atoms with Crippen LogP contribution in [0.2, 0.25) is 0 Å². The number of amides is 2. The van der Waals surface area contributed by atoms with E-state index in [2.05, 4.69) is 12.2 Å². The zero-order valence-electron chi connectivity index (χ0n) is 13.2. The van der Waals surface area contributed by atoms with Crippen LogP contribution in [0.4, 0.5) is 0 Å². The first-order valence-electron chi connectivity index (χ1n) is 7.63. The summed E-state index contributed by atoms with van der Waals surface area (Å²) in [5.74, 6) is 0.213. The van der Waals surface area contributed by atoms with E-state index >= 15 is 0 Å². The molecule has 2 fully saturated rings. The number of piperazine rings is 1. The highest BCUT2D eigenvalue weighted by atomic mass is 16.2. The molecular formula is C15H27N3O2. The van der Waals surface area contributed by atoms with E-state index in [0.717, 1.165) is 32.4 Å². The van der Waals surface area contributed by atoms with E-state index in [0.29, 0.717) is 13.1 Å². The zero-order chi connectivity index (χ0) is 15.0. The predicted molar refractivity (Wildman–Crippen MR) is 78.3 cm³/mol. The van der Waals surface area contributed by atoms with Crippen molar-refractivity contribution in [1.29, 1.82) is 0 Å². The standard InChI is InChI=1S/C15H27N3O2/c1-5-15(6-8-16-9-7-15)13(20)18-11-10-17(4)12(19)14(18,2)3/h16H,5-11H2,1-4H3. The Bertz CT molecular complexity index is 400. The minimum Gasteiger partial charge on any atom is -0.342 e. The van der Waals surface area contributed by atoms with Gasteiger partial charge in [0.05, 0.1) is 5.41 Å². The van der Waals surface area contributed by atoms with Gasteiger partial charge >= 0.3 is 0 Å². The summed E-state index contributed by atoms with van der Waals surface area (Å²) in [4.78, 5) is 29.0. The molecule has 5 nitrogen and oxygen atoms in total. The number of carbonyl (C=O) groups is 2. The van der Waals surface area contributed by atoms with Crippen LogP contribution in [0.5, 0.6) is 0 Å². The molecule has 0 aliphatic carbocycles. The summed E-state index contributed by atoms with van der Waals surface area (Å²) in [7, 11) is 1.81. The van der Waals surface area contributed by atoms with Gasteiger partial charge in [0.15, 0.2) is 0 Å². The summed E-state index contributed by atoms with van der Waals surface area (Å²) in [5, 5.41) is 3.32. The number of rotatable bonds is 2. The van der Waals surface area contributed by atoms with Gasteiger partial charge in [-0.15, -0.1) is 0 Å². The number of nitrogens with zero attached hydrogens (tertiary/aromatic N) is 2. The first kappa shape index (κ1) is 15.3. The van der Waals surface area contributed by atoms with Gasteiger partial charge in [0.2, 0.25) is 11.8 Å². The maximum absolute atomic E-state index is 13.1. The lowest BCUT2D eigenvalue weighted by molar-refractivity contribution is -0.164. The molecule has 1 N–H and O–H groups in total. The molecule has 0 radical (unpaired) electrons. The van der Waals surface area contributed by atoms with Gasteiger partial charge in [0.25, 0.3) is 0 Å². The van der Waals surface area contributed by atoms with Gasteiger partial charge in [0, 0.05) is 20.1 Å². The predicted octanol–water partition coefficient (Wildman–Crippen LogP) is 0.845. The molecule has 0 unspecified atom stereocenters. The van der Waals surface area contributed by atoms with E-state index in [1.165, 1.54) is 0 Å². The summed E-state index contributed by atoms with van der Waals surface area (Å²) in [6.45, 7) is 8.88. The van der Waals surface area contributed by atoms with Crippen LogP contribution in [0.15, 0.2) is 0 Å². The van der Waals surface area contributed by atoms with E-state index in [4.69, 9.17) is 0 Å². The number of hydrogen-bond acceptors (Lipinski definition) is 3. The topological polar surface area (TPSA) is 52.7 Å². The largest absolute Gasteiger partial charge is 0.342 e. The first-order valence-corrected chi connectivity index (χ1v) is 7.63. The van der Waals surface area contributed by atoms with Crippen molar-refractivity contribution in [1.82, 2.24) is 15.1 Å². The van der Waals surface area contributed by atoms with Crippen LogP contribution in [0.1, 0.15) is 40.0 Å². The summed E-state index contributed by atoms with van der Waals surface area (Å²) < 4.78 is 0. The molecule has 2 amide bonds. The van der Waals surface area contributed by atoms with E-state index in [9.17, 15) is 9.59 Å². The Hall–Kier alpha value is -1.10. The smallest absolute Gasteiger partial charge is 0.247 e. The summed E-state index contributed by atoms with van der Waals surface area (Å²) in [6.07, 6.45) is 2.60. The fourth-order valence-electron chi connectivity index (χ4n) is 3.48. The van der Waals surface area contributed by atoms with Crippen molar-refractivity contribution in [3.05, 3.63) is 0 Å². The highest BCUT2D eigenvalue weighted by Crippen LogP contribution is 2.37. The Morgan fingerprint density at radius 2 is 1.85 bits per heavy atom. The molecule has 0 aromatic heterocycles. The molecule has 2 heterocycles. The molecule has 0 aromatic carbocycles. The number of piperidine rings is 1. The monoisotopic (exact) mass is 281 g/mol. The molecule has 2 rings (SSSR count). The van der Waals surface area contributed by atoms with Crippen LogP contribution >= 0.6 is 0 Å². The van der Waals surface area contributed by atoms with Gasteiger partial charge in [-0.2, -0.15) is 0 Å². The average Bonchev–Trinajstić information content (AvgIpc) is 2.45. The van der Waals surface area contributed by atoms with Crippen LogP contribution in [0.25, 0.3) is 0 Å². The maximum atomic E-state index is 13.1. The molecule has 0 atom stereocenters. The quantitative estimate of drug-likeness (QED) is 0.816. The Kier molecular flexibility index (Phi) is 4.09. The van der Waals surface area contributed by atoms with E-state index < -0.39 is 5.54 Å². The Labute approximate surface area is 121 Å². The maximum Gasteiger partial charge on any atom is 0.247 e. The first-order chi connectivity index (χ1) is 9.35. The second-order valence-electron chi connectivity index (χ2n) is 6.63. The number of hydrogen-bond donors (Lipinski definition) is 1. The van der Waals surface area contributed by atoms with Gasteiger partial charge in [0.1, 0.15) is 5.54 Å². The molecule has 0 saturated carbocycles. The van der Waals surface area contributed by atoms with Crippen molar-refractivity contribution in [3.63, 3.8) is 0 Å². The molecule has 5 heteroatoms. The minimum atomic E-state index is -0.725. The normalized spacial score (nSPS) is 25.7. The summed E-state index contributed by atoms with van der Waals surface area (Å²) in [5.41, 5.74) is -1.00. The Morgan fingerprint density at radius 3 is 2.40 bits per heavy atom. The molecule has 0 spiro atoms. The van der Waals surface area contributed by atoms with E-state index in [1.807, 2.05) is 25.8 Å². The van der Waals surface area contributed by atoms with Crippen molar-refractivity contribution in [2.75, 3.05) is 33.2 Å². The lowest BCUT2D eigenvalue weighted by Gasteiger charge is -2.49. The van der Waals surface area contributed by atoms with Crippen molar-refractivity contribution >= 4 is 11.8 Å². The number of carbonyl (C=O) groups excluding carboxylic acids is 2. The second kappa shape index (κ2) is 5.35. The number of nitrogens with one attached hydrogen (secondary N) is 1. The highest BCUT2D eigenvalue weighted by Gasteiger charge is 2.49. The van der Waals surface area contributed by atoms with Crippen molar-refractivity contribution in [3.8, 4) is 0 Å². The third kappa shape index (κ3) is 2.32. The zero-order valence-corrected chi connectivity index (χ0v) is 13.2. The van der Waals surface area contributed by atoms with Crippen molar-refractivity contribution in [2.45, 2.75) is 45.6 Å². The molecule has 2 saturated heterocycles. The lowest BCUT2D eigenvalue weighted by Crippen LogP contribution is -2.66. The van der Waals surface area contributed by atoms with Crippen LogP contribution in [-0.2, 0) is 9.59 Å². The van der Waals surface area contributed by atoms with Crippen LogP contribution in [0.3, 0.4) is 0 Å². The third-order valence-electron chi connectivity index (χ3n) is 5.14. The van der Waals surface area contributed by atoms with Crippen molar-refractivity contribution in [2.24, 2.45) is 5.41 Å². The Balaban J connectivity index is 2.25. The fraction of sp³-hybridized carbons (Fsp3) is 0.867. The van der Waals surface area contributed by atoms with Crippen LogP contribution < -0.4 is 5.32 Å². The van der Waals surface area contributed by atoms with E-state index in [1.54, 1.807) is 4.90 Å². The molecule has 20 heavy (non-hydrogen) atoms. The van der Waals surface area contributed by atoms with Gasteiger partial charge in [-0.05, 0) is 46.2 Å². The van der Waals surface area contributed by atoms with Gasteiger partial charge in [-0.3, -0.25) is 9.59 Å². The molecule has 2 aliphatic heterocycles.